The average molecular weight is 362 g/mol. The van der Waals surface area contributed by atoms with E-state index in [1.807, 2.05) is 6.07 Å². The van der Waals surface area contributed by atoms with Gasteiger partial charge in [0.05, 0.1) is 19.1 Å². The Morgan fingerprint density at radius 3 is 2.43 bits per heavy atom. The molecule has 0 bridgehead atoms. The number of benzene rings is 1. The summed E-state index contributed by atoms with van der Waals surface area (Å²) in [4.78, 5) is -0.0966. The quantitative estimate of drug-likeness (QED) is 0.570. The minimum atomic E-state index is -3.83. The Morgan fingerprint density at radius 2 is 2.00 bits per heavy atom. The zero-order valence-corrected chi connectivity index (χ0v) is 10.9. The van der Waals surface area contributed by atoms with E-state index in [9.17, 15) is 8.42 Å². The third-order valence-corrected chi connectivity index (χ3v) is 4.60. The molecule has 0 spiro atoms. The Kier molecular flexibility index (Phi) is 3.63. The van der Waals surface area contributed by atoms with Crippen molar-refractivity contribution in [2.45, 2.75) is 4.90 Å². The molecule has 0 atom stereocenters. The average Bonchev–Trinajstić information content (AvgIpc) is 2.02. The van der Waals surface area contributed by atoms with Crippen molar-refractivity contribution in [1.29, 1.82) is 5.26 Å². The van der Waals surface area contributed by atoms with Crippen LogP contribution >= 0.6 is 44.9 Å². The molecule has 0 aromatic heterocycles. The summed E-state index contributed by atoms with van der Waals surface area (Å²) >= 11 is 7.41. The molecule has 0 aliphatic rings. The van der Waals surface area contributed by atoms with E-state index >= 15 is 0 Å². The zero-order valence-electron chi connectivity index (χ0n) is 6.46. The molecule has 3 nitrogen and oxygen atoms in total. The number of hydrogen-bond acceptors (Lipinski definition) is 3. The van der Waals surface area contributed by atoms with Crippen molar-refractivity contribution in [1.82, 2.24) is 0 Å². The largest absolute Gasteiger partial charge is 0.262 e. The molecule has 1 aromatic carbocycles. The molecule has 74 valence electrons. The van der Waals surface area contributed by atoms with Crippen LogP contribution in [0.2, 0.25) is 5.02 Å². The van der Waals surface area contributed by atoms with Crippen LogP contribution < -0.4 is 0 Å². The highest BCUT2D eigenvalue weighted by Crippen LogP contribution is 2.29. The first kappa shape index (κ1) is 12.0. The fourth-order valence-corrected chi connectivity index (χ4v) is 3.97. The number of nitriles is 1. The minimum Gasteiger partial charge on any atom is -0.207 e. The second-order valence-corrected chi connectivity index (χ2v) is 6.30. The molecule has 0 aliphatic carbocycles. The first-order chi connectivity index (χ1) is 6.38. The van der Waals surface area contributed by atoms with Crippen molar-refractivity contribution in [3.63, 3.8) is 0 Å². The maximum Gasteiger partial charge on any atom is 0.262 e. The second-order valence-electron chi connectivity index (χ2n) is 2.28. The molecule has 1 aromatic rings. The molecule has 0 radical (unpaired) electrons. The van der Waals surface area contributed by atoms with Crippen LogP contribution in [0, 0.1) is 14.9 Å². The van der Waals surface area contributed by atoms with Crippen LogP contribution in [0.1, 0.15) is 5.56 Å². The SMILES string of the molecule is N#Cc1c(Cl)ccc(S(=O)(=O)Cl)c1I. The lowest BCUT2D eigenvalue weighted by Gasteiger charge is -2.03. The predicted octanol–water partition coefficient (Wildman–Crippen LogP) is 2.74. The molecule has 0 saturated heterocycles. The summed E-state index contributed by atoms with van der Waals surface area (Å²) in [5, 5.41) is 8.92. The van der Waals surface area contributed by atoms with Gasteiger partial charge in [-0.2, -0.15) is 5.26 Å². The van der Waals surface area contributed by atoms with Gasteiger partial charge in [0.2, 0.25) is 0 Å². The summed E-state index contributed by atoms with van der Waals surface area (Å²) in [5.41, 5.74) is 0.119. The molecule has 0 N–H and O–H groups in total. The van der Waals surface area contributed by atoms with E-state index in [0.717, 1.165) is 0 Å². The summed E-state index contributed by atoms with van der Waals surface area (Å²) < 4.78 is 22.3. The topological polar surface area (TPSA) is 57.9 Å². The van der Waals surface area contributed by atoms with E-state index in [1.165, 1.54) is 12.1 Å². The fourth-order valence-electron chi connectivity index (χ4n) is 0.824. The molecule has 0 aliphatic heterocycles. The lowest BCUT2D eigenvalue weighted by Crippen LogP contribution is -1.97. The third kappa shape index (κ3) is 2.31. The first-order valence-corrected chi connectivity index (χ1v) is 6.97. The molecular weight excluding hydrogens is 360 g/mol. The van der Waals surface area contributed by atoms with Crippen LogP contribution in [0.4, 0.5) is 0 Å². The first-order valence-electron chi connectivity index (χ1n) is 3.20. The van der Waals surface area contributed by atoms with Gasteiger partial charge in [0.1, 0.15) is 6.07 Å². The van der Waals surface area contributed by atoms with Gasteiger partial charge in [-0.15, -0.1) is 0 Å². The maximum atomic E-state index is 11.0. The van der Waals surface area contributed by atoms with Gasteiger partial charge >= 0.3 is 0 Å². The van der Waals surface area contributed by atoms with Crippen LogP contribution in [0.15, 0.2) is 17.0 Å². The van der Waals surface area contributed by atoms with Gasteiger partial charge in [0, 0.05) is 10.7 Å². The van der Waals surface area contributed by atoms with Gasteiger partial charge in [-0.1, -0.05) is 11.6 Å². The van der Waals surface area contributed by atoms with Crippen LogP contribution in [-0.4, -0.2) is 8.42 Å². The molecule has 0 saturated carbocycles. The molecule has 0 unspecified atom stereocenters. The van der Waals surface area contributed by atoms with Gasteiger partial charge in [0.15, 0.2) is 0 Å². The number of halogens is 3. The molecule has 0 fully saturated rings. The van der Waals surface area contributed by atoms with Gasteiger partial charge in [-0.25, -0.2) is 8.42 Å². The molecule has 0 amide bonds. The third-order valence-electron chi connectivity index (χ3n) is 1.43. The summed E-state index contributed by atoms with van der Waals surface area (Å²) in [5.74, 6) is 0. The predicted molar refractivity (Wildman–Crippen MR) is 61.9 cm³/mol. The van der Waals surface area contributed by atoms with Crippen molar-refractivity contribution >= 4 is 53.9 Å². The smallest absolute Gasteiger partial charge is 0.207 e. The van der Waals surface area contributed by atoms with Crippen LogP contribution in [0.5, 0.6) is 0 Å². The van der Waals surface area contributed by atoms with E-state index in [2.05, 4.69) is 0 Å². The monoisotopic (exact) mass is 361 g/mol. The van der Waals surface area contributed by atoms with Crippen LogP contribution in [0.25, 0.3) is 0 Å². The highest BCUT2D eigenvalue weighted by Gasteiger charge is 2.18. The Bertz CT molecular complexity index is 521. The van der Waals surface area contributed by atoms with Gasteiger partial charge in [-0.05, 0) is 34.7 Å². The number of nitrogens with zero attached hydrogens (tertiary/aromatic N) is 1. The molecule has 1 rings (SSSR count). The fraction of sp³-hybridized carbons (Fsp3) is 0. The normalized spacial score (nSPS) is 11.0. The van der Waals surface area contributed by atoms with Gasteiger partial charge in [-0.3, -0.25) is 0 Å². The summed E-state index contributed by atoms with van der Waals surface area (Å²) in [6, 6.07) is 4.42. The lowest BCUT2D eigenvalue weighted by molar-refractivity contribution is 0.609. The molecule has 14 heavy (non-hydrogen) atoms. The molecule has 7 heteroatoms. The van der Waals surface area contributed by atoms with E-state index in [4.69, 9.17) is 27.5 Å². The Morgan fingerprint density at radius 1 is 1.43 bits per heavy atom. The van der Waals surface area contributed by atoms with Crippen LogP contribution in [-0.2, 0) is 9.05 Å². The highest BCUT2D eigenvalue weighted by atomic mass is 127. The summed E-state index contributed by atoms with van der Waals surface area (Å²) in [7, 11) is 1.33. The summed E-state index contributed by atoms with van der Waals surface area (Å²) in [6.45, 7) is 0. The molecule has 0 heterocycles. The Balaban J connectivity index is 3.62. The Labute approximate surface area is 104 Å². The van der Waals surface area contributed by atoms with E-state index < -0.39 is 9.05 Å². The second kappa shape index (κ2) is 4.23. The van der Waals surface area contributed by atoms with Crippen molar-refractivity contribution in [2.75, 3.05) is 0 Å². The van der Waals surface area contributed by atoms with Crippen molar-refractivity contribution in [3.8, 4) is 6.07 Å². The number of rotatable bonds is 1. The van der Waals surface area contributed by atoms with E-state index in [0.29, 0.717) is 0 Å². The van der Waals surface area contributed by atoms with Crippen molar-refractivity contribution < 1.29 is 8.42 Å². The lowest BCUT2D eigenvalue weighted by atomic mass is 10.2. The van der Waals surface area contributed by atoms with Gasteiger partial charge < -0.3 is 0 Å². The maximum absolute atomic E-state index is 11.0. The summed E-state index contributed by atoms with van der Waals surface area (Å²) in [6.07, 6.45) is 0. The van der Waals surface area contributed by atoms with Crippen LogP contribution in [0.3, 0.4) is 0 Å². The van der Waals surface area contributed by atoms with Gasteiger partial charge in [0.25, 0.3) is 9.05 Å². The standard InChI is InChI=1S/C7H2Cl2INO2S/c8-5-1-2-6(14(9,12)13)7(10)4(5)3-11/h1-2H. The van der Waals surface area contributed by atoms with Crippen molar-refractivity contribution in [2.24, 2.45) is 0 Å². The zero-order chi connectivity index (χ0) is 10.9. The number of hydrogen-bond donors (Lipinski definition) is 0. The Hall–Kier alpha value is -0.0300. The minimum absolute atomic E-state index is 0.0966. The molecular formula is C7H2Cl2INO2S. The van der Waals surface area contributed by atoms with Crippen molar-refractivity contribution in [3.05, 3.63) is 26.3 Å². The van der Waals surface area contributed by atoms with E-state index in [1.54, 1.807) is 22.6 Å². The highest BCUT2D eigenvalue weighted by molar-refractivity contribution is 14.1. The van der Waals surface area contributed by atoms with E-state index in [-0.39, 0.29) is 19.1 Å².